The molecule has 1 unspecified atom stereocenters. The molecule has 0 saturated heterocycles. The van der Waals surface area contributed by atoms with Crippen molar-refractivity contribution in [1.29, 1.82) is 0 Å². The fraction of sp³-hybridized carbons (Fsp3) is 0.870. The first kappa shape index (κ1) is 33.6. The number of carbonyl (C=O) groups excluding carboxylic acids is 2. The van der Waals surface area contributed by atoms with E-state index < -0.39 is 57.0 Å². The van der Waals surface area contributed by atoms with Gasteiger partial charge in [-0.2, -0.15) is 0 Å². The fourth-order valence-corrected chi connectivity index (χ4v) is 4.19. The molecule has 11 nitrogen and oxygen atoms in total. The second-order valence-electron chi connectivity index (χ2n) is 8.75. The second kappa shape index (κ2) is 19.8. The van der Waals surface area contributed by atoms with E-state index in [0.717, 1.165) is 19.3 Å². The minimum Gasteiger partial charge on any atom is -0.480 e. The molecule has 4 atom stereocenters. The lowest BCUT2D eigenvalue weighted by molar-refractivity contribution is -0.156. The van der Waals surface area contributed by atoms with E-state index in [9.17, 15) is 28.9 Å². The largest absolute Gasteiger partial charge is 0.480 e. The van der Waals surface area contributed by atoms with Crippen molar-refractivity contribution in [2.24, 2.45) is 5.73 Å². The SMILES string of the molecule is CCCCCCCCCCCCCCC(=O)C(=O)OC[C@@H](O)COP(=O)(O)O[C@@H](C)[C@H](N)C(=O)O. The van der Waals surface area contributed by atoms with Crippen molar-refractivity contribution >= 4 is 25.5 Å². The number of ether oxygens (including phenoxy) is 1. The molecule has 35 heavy (non-hydrogen) atoms. The number of aliphatic hydroxyl groups excluding tert-OH is 1. The number of carboxylic acids is 1. The Morgan fingerprint density at radius 3 is 1.86 bits per heavy atom. The third kappa shape index (κ3) is 18.6. The number of rotatable bonds is 23. The summed E-state index contributed by atoms with van der Waals surface area (Å²) in [7, 11) is -4.71. The first-order valence-corrected chi connectivity index (χ1v) is 14.0. The van der Waals surface area contributed by atoms with E-state index in [-0.39, 0.29) is 6.42 Å². The minimum atomic E-state index is -4.71. The van der Waals surface area contributed by atoms with Crippen molar-refractivity contribution in [2.45, 2.75) is 116 Å². The average Bonchev–Trinajstić information content (AvgIpc) is 2.80. The molecule has 0 aromatic heterocycles. The monoisotopic (exact) mass is 525 g/mol. The van der Waals surface area contributed by atoms with Crippen LogP contribution in [-0.4, -0.2) is 64.3 Å². The Kier molecular flexibility index (Phi) is 19.0. The summed E-state index contributed by atoms with van der Waals surface area (Å²) in [6.07, 6.45) is 11.0. The molecule has 206 valence electrons. The number of carboxylic acid groups (broad SMARTS) is 1. The topological polar surface area (TPSA) is 183 Å². The molecular weight excluding hydrogens is 481 g/mol. The van der Waals surface area contributed by atoms with E-state index in [1.54, 1.807) is 0 Å². The van der Waals surface area contributed by atoms with Gasteiger partial charge in [0.2, 0.25) is 5.78 Å². The lowest BCUT2D eigenvalue weighted by Crippen LogP contribution is -2.41. The maximum atomic E-state index is 11.8. The molecule has 0 aromatic carbocycles. The summed E-state index contributed by atoms with van der Waals surface area (Å²) >= 11 is 0. The molecule has 0 aliphatic carbocycles. The van der Waals surface area contributed by atoms with E-state index in [4.69, 9.17) is 15.6 Å². The third-order valence-electron chi connectivity index (χ3n) is 5.41. The third-order valence-corrected chi connectivity index (χ3v) is 6.49. The van der Waals surface area contributed by atoms with Crippen molar-refractivity contribution in [3.63, 3.8) is 0 Å². The first-order valence-electron chi connectivity index (χ1n) is 12.5. The van der Waals surface area contributed by atoms with Crippen molar-refractivity contribution in [3.05, 3.63) is 0 Å². The van der Waals surface area contributed by atoms with Crippen LogP contribution in [-0.2, 0) is 32.7 Å². The summed E-state index contributed by atoms with van der Waals surface area (Å²) in [4.78, 5) is 43.9. The molecule has 0 amide bonds. The highest BCUT2D eigenvalue weighted by Gasteiger charge is 2.31. The molecule has 12 heteroatoms. The van der Waals surface area contributed by atoms with Crippen LogP contribution in [0.1, 0.15) is 97.3 Å². The number of esters is 1. The highest BCUT2D eigenvalue weighted by molar-refractivity contribution is 7.47. The van der Waals surface area contributed by atoms with Crippen LogP contribution in [0.5, 0.6) is 0 Å². The Bertz CT molecular complexity index is 660. The standard InChI is InChI=1S/C23H44NO10P/c1-3-4-5-6-7-8-9-10-11-12-13-14-15-20(26)23(29)32-16-19(25)17-33-35(30,31)34-18(2)21(24)22(27)28/h18-19,21,25H,3-17,24H2,1-2H3,(H,27,28)(H,30,31)/t18-,19+,21-/m0/s1. The lowest BCUT2D eigenvalue weighted by Gasteiger charge is -2.21. The number of nitrogens with two attached hydrogens (primary N) is 1. The van der Waals surface area contributed by atoms with Crippen molar-refractivity contribution in [2.75, 3.05) is 13.2 Å². The fourth-order valence-electron chi connectivity index (χ4n) is 3.22. The number of aliphatic carboxylic acids is 1. The zero-order valence-electron chi connectivity index (χ0n) is 21.1. The number of phosphoric ester groups is 1. The highest BCUT2D eigenvalue weighted by Crippen LogP contribution is 2.44. The number of unbranched alkanes of at least 4 members (excludes halogenated alkanes) is 11. The molecule has 0 heterocycles. The first-order chi connectivity index (χ1) is 16.5. The Balaban J connectivity index is 3.87. The molecule has 0 aliphatic heterocycles. The van der Waals surface area contributed by atoms with Crippen LogP contribution in [0.2, 0.25) is 0 Å². The Hall–Kier alpha value is -1.36. The number of hydrogen-bond acceptors (Lipinski definition) is 9. The van der Waals surface area contributed by atoms with Gasteiger partial charge < -0.3 is 25.6 Å². The smallest absolute Gasteiger partial charge is 0.472 e. The number of carbonyl (C=O) groups is 3. The highest BCUT2D eigenvalue weighted by atomic mass is 31.2. The van der Waals surface area contributed by atoms with Gasteiger partial charge in [-0.3, -0.25) is 18.6 Å². The zero-order valence-corrected chi connectivity index (χ0v) is 22.0. The molecule has 0 bridgehead atoms. The van der Waals surface area contributed by atoms with E-state index in [0.29, 0.717) is 6.42 Å². The van der Waals surface area contributed by atoms with Gasteiger partial charge >= 0.3 is 19.8 Å². The summed E-state index contributed by atoms with van der Waals surface area (Å²) in [6, 6.07) is -1.55. The van der Waals surface area contributed by atoms with Crippen LogP contribution in [0.25, 0.3) is 0 Å². The van der Waals surface area contributed by atoms with E-state index >= 15 is 0 Å². The quantitative estimate of drug-likeness (QED) is 0.0663. The predicted molar refractivity (Wildman–Crippen MR) is 130 cm³/mol. The second-order valence-corrected chi connectivity index (χ2v) is 10.2. The molecule has 0 fully saturated rings. The van der Waals surface area contributed by atoms with Crippen LogP contribution in [0.4, 0.5) is 0 Å². The molecule has 5 N–H and O–H groups in total. The summed E-state index contributed by atoms with van der Waals surface area (Å²) in [5.74, 6) is -3.22. The average molecular weight is 526 g/mol. The number of hydrogen-bond donors (Lipinski definition) is 4. The van der Waals surface area contributed by atoms with Crippen LogP contribution >= 0.6 is 7.82 Å². The van der Waals surface area contributed by atoms with E-state index in [1.807, 2.05) is 0 Å². The Morgan fingerprint density at radius 1 is 0.886 bits per heavy atom. The van der Waals surface area contributed by atoms with Crippen molar-refractivity contribution in [1.82, 2.24) is 0 Å². The van der Waals surface area contributed by atoms with Gasteiger partial charge in [-0.15, -0.1) is 0 Å². The maximum absolute atomic E-state index is 11.8. The van der Waals surface area contributed by atoms with E-state index in [2.05, 4.69) is 16.0 Å². The van der Waals surface area contributed by atoms with Gasteiger partial charge in [-0.05, 0) is 13.3 Å². The normalized spacial score (nSPS) is 15.7. The number of aliphatic hydroxyl groups is 1. The number of Topliss-reactive ketones (excluding diaryl/α,β-unsaturated/α-hetero) is 1. The van der Waals surface area contributed by atoms with Crippen LogP contribution < -0.4 is 5.73 Å². The molecule has 0 radical (unpaired) electrons. The van der Waals surface area contributed by atoms with Crippen molar-refractivity contribution in [3.8, 4) is 0 Å². The Morgan fingerprint density at radius 2 is 1.37 bits per heavy atom. The van der Waals surface area contributed by atoms with Gasteiger partial charge in [0.05, 0.1) is 12.7 Å². The molecule has 0 spiro atoms. The van der Waals surface area contributed by atoms with Gasteiger partial charge in [0.15, 0.2) is 0 Å². The van der Waals surface area contributed by atoms with Crippen LogP contribution in [0.3, 0.4) is 0 Å². The molecule has 0 saturated carbocycles. The van der Waals surface area contributed by atoms with Crippen LogP contribution in [0.15, 0.2) is 0 Å². The number of phosphoric acid groups is 1. The lowest BCUT2D eigenvalue weighted by atomic mass is 10.0. The summed E-state index contributed by atoms with van der Waals surface area (Å²) in [6.45, 7) is 2.02. The van der Waals surface area contributed by atoms with Gasteiger partial charge in [0.1, 0.15) is 18.8 Å². The van der Waals surface area contributed by atoms with Gasteiger partial charge in [0, 0.05) is 6.42 Å². The van der Waals surface area contributed by atoms with Gasteiger partial charge in [-0.1, -0.05) is 77.6 Å². The number of ketones is 1. The van der Waals surface area contributed by atoms with Crippen LogP contribution in [0, 0.1) is 0 Å². The predicted octanol–water partition coefficient (Wildman–Crippen LogP) is 3.48. The molecule has 0 rings (SSSR count). The zero-order chi connectivity index (χ0) is 26.7. The maximum Gasteiger partial charge on any atom is 0.472 e. The van der Waals surface area contributed by atoms with Gasteiger partial charge in [-0.25, -0.2) is 9.36 Å². The summed E-state index contributed by atoms with van der Waals surface area (Å²) in [5.41, 5.74) is 5.27. The molecule has 0 aromatic rings. The van der Waals surface area contributed by atoms with E-state index in [1.165, 1.54) is 58.3 Å². The minimum absolute atomic E-state index is 0.0598. The summed E-state index contributed by atoms with van der Waals surface area (Å²) in [5, 5.41) is 18.5. The van der Waals surface area contributed by atoms with Gasteiger partial charge in [0.25, 0.3) is 0 Å². The molecule has 0 aliphatic rings. The molecular formula is C23H44NO10P. The Labute approximate surface area is 208 Å². The summed E-state index contributed by atoms with van der Waals surface area (Å²) < 4.78 is 25.6. The van der Waals surface area contributed by atoms with Crippen molar-refractivity contribution < 1.29 is 47.8 Å².